The average molecular weight is 356 g/mol. The predicted octanol–water partition coefficient (Wildman–Crippen LogP) is 3.63. The molecule has 5 heteroatoms. The van der Waals surface area contributed by atoms with Gasteiger partial charge >= 0.3 is 0 Å². The van der Waals surface area contributed by atoms with Crippen molar-refractivity contribution in [3.05, 3.63) is 70.0 Å². The van der Waals surface area contributed by atoms with Crippen molar-refractivity contribution in [3.63, 3.8) is 0 Å². The SMILES string of the molecule is CC(NC(=O)/C(C#N)=C/c1cncc(Br)c1)c1ccccc1. The summed E-state index contributed by atoms with van der Waals surface area (Å²) in [5.41, 5.74) is 1.72. The van der Waals surface area contributed by atoms with Crippen LogP contribution in [0.15, 0.2) is 58.8 Å². The van der Waals surface area contributed by atoms with Crippen molar-refractivity contribution in [1.82, 2.24) is 10.3 Å². The van der Waals surface area contributed by atoms with Crippen LogP contribution >= 0.6 is 15.9 Å². The number of nitrogens with one attached hydrogen (secondary N) is 1. The minimum absolute atomic E-state index is 0.0441. The van der Waals surface area contributed by atoms with Gasteiger partial charge in [-0.2, -0.15) is 5.26 Å². The summed E-state index contributed by atoms with van der Waals surface area (Å²) in [7, 11) is 0. The maximum absolute atomic E-state index is 12.2. The topological polar surface area (TPSA) is 65.8 Å². The smallest absolute Gasteiger partial charge is 0.262 e. The largest absolute Gasteiger partial charge is 0.345 e. The third-order valence-corrected chi connectivity index (χ3v) is 3.48. The molecule has 0 aliphatic heterocycles. The van der Waals surface area contributed by atoms with Crippen molar-refractivity contribution in [1.29, 1.82) is 5.26 Å². The van der Waals surface area contributed by atoms with E-state index in [1.54, 1.807) is 18.5 Å². The highest BCUT2D eigenvalue weighted by atomic mass is 79.9. The van der Waals surface area contributed by atoms with Crippen molar-refractivity contribution in [2.24, 2.45) is 0 Å². The van der Waals surface area contributed by atoms with Crippen LogP contribution in [-0.4, -0.2) is 10.9 Å². The number of aromatic nitrogens is 1. The lowest BCUT2D eigenvalue weighted by Gasteiger charge is -2.13. The average Bonchev–Trinajstić information content (AvgIpc) is 2.53. The van der Waals surface area contributed by atoms with Crippen LogP contribution < -0.4 is 5.32 Å². The van der Waals surface area contributed by atoms with Gasteiger partial charge in [-0.25, -0.2) is 0 Å². The van der Waals surface area contributed by atoms with Crippen molar-refractivity contribution in [3.8, 4) is 6.07 Å². The lowest BCUT2D eigenvalue weighted by molar-refractivity contribution is -0.117. The molecular weight excluding hydrogens is 342 g/mol. The van der Waals surface area contributed by atoms with E-state index < -0.39 is 5.91 Å². The van der Waals surface area contributed by atoms with Crippen molar-refractivity contribution in [2.45, 2.75) is 13.0 Å². The number of carbonyl (C=O) groups excluding carboxylic acids is 1. The lowest BCUT2D eigenvalue weighted by atomic mass is 10.1. The molecule has 1 unspecified atom stereocenters. The molecule has 2 aromatic rings. The fourth-order valence-corrected chi connectivity index (χ4v) is 2.30. The second-order valence-electron chi connectivity index (χ2n) is 4.71. The van der Waals surface area contributed by atoms with Gasteiger partial charge in [-0.05, 0) is 46.1 Å². The van der Waals surface area contributed by atoms with E-state index in [0.717, 1.165) is 10.0 Å². The van der Waals surface area contributed by atoms with Gasteiger partial charge in [0.05, 0.1) is 6.04 Å². The van der Waals surface area contributed by atoms with Gasteiger partial charge in [-0.15, -0.1) is 0 Å². The predicted molar refractivity (Wildman–Crippen MR) is 88.5 cm³/mol. The molecule has 1 heterocycles. The van der Waals surface area contributed by atoms with Gasteiger partial charge < -0.3 is 5.32 Å². The van der Waals surface area contributed by atoms with Crippen molar-refractivity contribution >= 4 is 27.9 Å². The van der Waals surface area contributed by atoms with Crippen LogP contribution in [0, 0.1) is 11.3 Å². The Morgan fingerprint density at radius 1 is 1.36 bits per heavy atom. The quantitative estimate of drug-likeness (QED) is 0.672. The van der Waals surface area contributed by atoms with Gasteiger partial charge in [0.2, 0.25) is 0 Å². The molecule has 0 saturated heterocycles. The van der Waals surface area contributed by atoms with E-state index in [1.165, 1.54) is 6.08 Å². The molecule has 1 amide bonds. The molecule has 1 atom stereocenters. The van der Waals surface area contributed by atoms with E-state index in [1.807, 2.05) is 43.3 Å². The van der Waals surface area contributed by atoms with E-state index in [9.17, 15) is 10.1 Å². The lowest BCUT2D eigenvalue weighted by Crippen LogP contribution is -2.27. The number of pyridine rings is 1. The molecule has 1 aromatic carbocycles. The van der Waals surface area contributed by atoms with Gasteiger partial charge in [-0.1, -0.05) is 30.3 Å². The van der Waals surface area contributed by atoms with E-state index in [0.29, 0.717) is 5.56 Å². The fraction of sp³-hybridized carbons (Fsp3) is 0.118. The van der Waals surface area contributed by atoms with Gasteiger partial charge in [-0.3, -0.25) is 9.78 Å². The van der Waals surface area contributed by atoms with Crippen LogP contribution in [0.1, 0.15) is 24.1 Å². The number of hydrogen-bond acceptors (Lipinski definition) is 3. The Balaban J connectivity index is 2.14. The van der Waals surface area contributed by atoms with Gasteiger partial charge in [0, 0.05) is 16.9 Å². The number of nitrogens with zero attached hydrogens (tertiary/aromatic N) is 2. The molecular formula is C17H14BrN3O. The van der Waals surface area contributed by atoms with E-state index in [-0.39, 0.29) is 11.6 Å². The summed E-state index contributed by atoms with van der Waals surface area (Å²) in [6.45, 7) is 1.88. The summed E-state index contributed by atoms with van der Waals surface area (Å²) in [5, 5.41) is 12.0. The number of hydrogen-bond donors (Lipinski definition) is 1. The Bertz CT molecular complexity index is 735. The number of amides is 1. The highest BCUT2D eigenvalue weighted by molar-refractivity contribution is 9.10. The third kappa shape index (κ3) is 4.27. The number of carbonyl (C=O) groups is 1. The molecule has 0 aliphatic rings. The fourth-order valence-electron chi connectivity index (χ4n) is 1.92. The number of rotatable bonds is 4. The molecule has 1 N–H and O–H groups in total. The van der Waals surface area contributed by atoms with E-state index >= 15 is 0 Å². The molecule has 0 bridgehead atoms. The summed E-state index contributed by atoms with van der Waals surface area (Å²) >= 11 is 3.31. The second kappa shape index (κ2) is 7.53. The first-order valence-corrected chi connectivity index (χ1v) is 7.47. The van der Waals surface area contributed by atoms with Gasteiger partial charge in [0.25, 0.3) is 5.91 Å². The Labute approximate surface area is 137 Å². The molecule has 22 heavy (non-hydrogen) atoms. The molecule has 1 aromatic heterocycles. The third-order valence-electron chi connectivity index (χ3n) is 3.05. The Morgan fingerprint density at radius 2 is 2.09 bits per heavy atom. The maximum Gasteiger partial charge on any atom is 0.262 e. The zero-order valence-electron chi connectivity index (χ0n) is 12.0. The first kappa shape index (κ1) is 15.9. The summed E-state index contributed by atoms with van der Waals surface area (Å²) < 4.78 is 0.789. The van der Waals surface area contributed by atoms with Gasteiger partial charge in [0.15, 0.2) is 0 Å². The standard InChI is InChI=1S/C17H14BrN3O/c1-12(14-5-3-2-4-6-14)21-17(22)15(9-19)7-13-8-16(18)11-20-10-13/h2-8,10-12H,1H3,(H,21,22)/b15-7+. The van der Waals surface area contributed by atoms with Crippen LogP contribution in [0.4, 0.5) is 0 Å². The molecule has 4 nitrogen and oxygen atoms in total. The highest BCUT2D eigenvalue weighted by Gasteiger charge is 2.13. The first-order valence-electron chi connectivity index (χ1n) is 6.68. The second-order valence-corrected chi connectivity index (χ2v) is 5.63. The van der Waals surface area contributed by atoms with E-state index in [2.05, 4.69) is 26.2 Å². The van der Waals surface area contributed by atoms with Gasteiger partial charge in [0.1, 0.15) is 11.6 Å². The minimum atomic E-state index is -0.404. The van der Waals surface area contributed by atoms with Crippen LogP contribution in [-0.2, 0) is 4.79 Å². The minimum Gasteiger partial charge on any atom is -0.345 e. The highest BCUT2D eigenvalue weighted by Crippen LogP contribution is 2.15. The van der Waals surface area contributed by atoms with Crippen molar-refractivity contribution in [2.75, 3.05) is 0 Å². The van der Waals surface area contributed by atoms with Crippen LogP contribution in [0.25, 0.3) is 6.08 Å². The Hall–Kier alpha value is -2.45. The molecule has 2 rings (SSSR count). The van der Waals surface area contributed by atoms with E-state index in [4.69, 9.17) is 0 Å². The zero-order chi connectivity index (χ0) is 15.9. The Morgan fingerprint density at radius 3 is 2.73 bits per heavy atom. The normalized spacial score (nSPS) is 12.3. The zero-order valence-corrected chi connectivity index (χ0v) is 13.5. The number of benzene rings is 1. The van der Waals surface area contributed by atoms with Crippen LogP contribution in [0.2, 0.25) is 0 Å². The molecule has 110 valence electrons. The number of nitriles is 1. The van der Waals surface area contributed by atoms with Crippen LogP contribution in [0.3, 0.4) is 0 Å². The summed E-state index contributed by atoms with van der Waals surface area (Å²) in [5.74, 6) is -0.404. The Kier molecular flexibility index (Phi) is 5.45. The molecule has 0 saturated carbocycles. The summed E-state index contributed by atoms with van der Waals surface area (Å²) in [6, 6.07) is 13.1. The molecule has 0 aliphatic carbocycles. The summed E-state index contributed by atoms with van der Waals surface area (Å²) in [4.78, 5) is 16.2. The monoisotopic (exact) mass is 355 g/mol. The maximum atomic E-state index is 12.2. The molecule has 0 spiro atoms. The molecule has 0 fully saturated rings. The molecule has 0 radical (unpaired) electrons. The number of halogens is 1. The summed E-state index contributed by atoms with van der Waals surface area (Å²) in [6.07, 6.45) is 4.75. The first-order chi connectivity index (χ1) is 10.6. The van der Waals surface area contributed by atoms with Crippen molar-refractivity contribution < 1.29 is 4.79 Å². The van der Waals surface area contributed by atoms with Crippen LogP contribution in [0.5, 0.6) is 0 Å².